The minimum Gasteiger partial charge on any atom is -0.477 e. The molecule has 0 aliphatic carbocycles. The summed E-state index contributed by atoms with van der Waals surface area (Å²) in [5.41, 5.74) is 0.695. The predicted octanol–water partition coefficient (Wildman–Crippen LogP) is 1.95. The molecule has 0 N–H and O–H groups in total. The molecule has 1 saturated heterocycles. The van der Waals surface area contributed by atoms with Crippen molar-refractivity contribution in [3.05, 3.63) is 18.1 Å². The molecule has 1 aromatic heterocycles. The molecule has 17 heavy (non-hydrogen) atoms. The van der Waals surface area contributed by atoms with Crippen LogP contribution in [0.1, 0.15) is 32.3 Å². The van der Waals surface area contributed by atoms with E-state index >= 15 is 0 Å². The number of aromatic nitrogens is 2. The van der Waals surface area contributed by atoms with Gasteiger partial charge in [0.15, 0.2) is 0 Å². The molecule has 0 saturated carbocycles. The molecule has 0 aromatic carbocycles. The molecule has 0 amide bonds. The summed E-state index contributed by atoms with van der Waals surface area (Å²) in [6, 6.07) is 0. The van der Waals surface area contributed by atoms with Gasteiger partial charge in [0.1, 0.15) is 5.69 Å². The highest BCUT2D eigenvalue weighted by atomic mass is 16.7. The zero-order valence-corrected chi connectivity index (χ0v) is 10.3. The molecular weight excluding hydrogens is 220 g/mol. The van der Waals surface area contributed by atoms with E-state index in [1.165, 1.54) is 0 Å². The monoisotopic (exact) mass is 238 g/mol. The maximum atomic E-state index is 5.53. The van der Waals surface area contributed by atoms with Crippen LogP contribution in [0.5, 0.6) is 5.88 Å². The highest BCUT2D eigenvalue weighted by Gasteiger charge is 2.22. The van der Waals surface area contributed by atoms with E-state index < -0.39 is 0 Å². The van der Waals surface area contributed by atoms with Crippen molar-refractivity contribution in [2.24, 2.45) is 5.92 Å². The lowest BCUT2D eigenvalue weighted by Gasteiger charge is -2.26. The molecule has 1 fully saturated rings. The Balaban J connectivity index is 1.93. The van der Waals surface area contributed by atoms with E-state index in [0.29, 0.717) is 37.3 Å². The fourth-order valence-corrected chi connectivity index (χ4v) is 1.50. The number of nitrogens with zero attached hydrogens (tertiary/aromatic N) is 2. The Morgan fingerprint density at radius 3 is 2.65 bits per heavy atom. The first-order valence-corrected chi connectivity index (χ1v) is 5.97. The van der Waals surface area contributed by atoms with E-state index in [1.807, 2.05) is 6.92 Å². The molecule has 1 aliphatic heterocycles. The molecule has 1 aliphatic rings. The quantitative estimate of drug-likeness (QED) is 0.802. The topological polar surface area (TPSA) is 53.5 Å². The fraction of sp³-hybridized carbons (Fsp3) is 0.667. The minimum absolute atomic E-state index is 0.390. The van der Waals surface area contributed by atoms with Crippen molar-refractivity contribution in [1.82, 2.24) is 9.97 Å². The zero-order chi connectivity index (χ0) is 12.1. The van der Waals surface area contributed by atoms with Crippen LogP contribution in [-0.4, -0.2) is 29.8 Å². The second kappa shape index (κ2) is 5.93. The van der Waals surface area contributed by atoms with Gasteiger partial charge in [-0.2, -0.15) is 0 Å². The molecule has 2 rings (SSSR count). The van der Waals surface area contributed by atoms with Crippen molar-refractivity contribution in [2.75, 3.05) is 19.8 Å². The van der Waals surface area contributed by atoms with Gasteiger partial charge in [0.2, 0.25) is 12.2 Å². The fourth-order valence-electron chi connectivity index (χ4n) is 1.50. The van der Waals surface area contributed by atoms with Crippen LogP contribution < -0.4 is 4.74 Å². The number of rotatable bonds is 4. The summed E-state index contributed by atoms with van der Waals surface area (Å²) in [5, 5.41) is 0. The summed E-state index contributed by atoms with van der Waals surface area (Å²) < 4.78 is 16.4. The van der Waals surface area contributed by atoms with E-state index in [9.17, 15) is 0 Å². The standard InChI is InChI=1S/C12H18N2O3/c1-3-4-15-11-6-13-10(5-14-11)12-16-7-9(2)8-17-12/h5-6,9,12H,3-4,7-8H2,1-2H3/t9-,12-. The minimum atomic E-state index is -0.390. The highest BCUT2D eigenvalue weighted by Crippen LogP contribution is 2.23. The third kappa shape index (κ3) is 3.38. The maximum Gasteiger partial charge on any atom is 0.232 e. The van der Waals surface area contributed by atoms with Gasteiger partial charge in [0.25, 0.3) is 0 Å². The summed E-state index contributed by atoms with van der Waals surface area (Å²) in [5.74, 6) is 0.978. The number of ether oxygens (including phenoxy) is 3. The number of hydrogen-bond donors (Lipinski definition) is 0. The van der Waals surface area contributed by atoms with Gasteiger partial charge in [-0.3, -0.25) is 0 Å². The van der Waals surface area contributed by atoms with E-state index in [1.54, 1.807) is 12.4 Å². The molecular formula is C12H18N2O3. The lowest BCUT2D eigenvalue weighted by molar-refractivity contribution is -0.204. The summed E-state index contributed by atoms with van der Waals surface area (Å²) in [7, 11) is 0. The van der Waals surface area contributed by atoms with Crippen molar-refractivity contribution in [3.63, 3.8) is 0 Å². The predicted molar refractivity (Wildman–Crippen MR) is 61.6 cm³/mol. The van der Waals surface area contributed by atoms with Crippen LogP contribution in [0.25, 0.3) is 0 Å². The molecule has 0 unspecified atom stereocenters. The Morgan fingerprint density at radius 1 is 1.29 bits per heavy atom. The molecule has 0 atom stereocenters. The van der Waals surface area contributed by atoms with Gasteiger partial charge < -0.3 is 14.2 Å². The van der Waals surface area contributed by atoms with Crippen LogP contribution in [0.2, 0.25) is 0 Å². The van der Waals surface area contributed by atoms with Crippen molar-refractivity contribution in [3.8, 4) is 5.88 Å². The Labute approximate surface area is 101 Å². The summed E-state index contributed by atoms with van der Waals surface area (Å²) in [4.78, 5) is 8.41. The Bertz CT molecular complexity index is 334. The molecule has 1 aromatic rings. The molecule has 5 heteroatoms. The zero-order valence-electron chi connectivity index (χ0n) is 10.3. The van der Waals surface area contributed by atoms with Crippen LogP contribution >= 0.6 is 0 Å². The molecule has 2 heterocycles. The van der Waals surface area contributed by atoms with Crippen LogP contribution in [0.15, 0.2) is 12.4 Å². The van der Waals surface area contributed by atoms with Gasteiger partial charge in [-0.05, 0) is 6.42 Å². The van der Waals surface area contributed by atoms with E-state index in [-0.39, 0.29) is 6.29 Å². The van der Waals surface area contributed by atoms with Gasteiger partial charge in [0, 0.05) is 5.92 Å². The largest absolute Gasteiger partial charge is 0.477 e. The van der Waals surface area contributed by atoms with E-state index in [4.69, 9.17) is 14.2 Å². The highest BCUT2D eigenvalue weighted by molar-refractivity contribution is 5.08. The van der Waals surface area contributed by atoms with Crippen LogP contribution in [0, 0.1) is 5.92 Å². The first-order valence-electron chi connectivity index (χ1n) is 5.97. The van der Waals surface area contributed by atoms with Crippen LogP contribution in [0.4, 0.5) is 0 Å². The summed E-state index contributed by atoms with van der Waals surface area (Å²) in [6.07, 6.45) is 3.82. The third-order valence-corrected chi connectivity index (χ3v) is 2.41. The van der Waals surface area contributed by atoms with Crippen molar-refractivity contribution in [2.45, 2.75) is 26.6 Å². The van der Waals surface area contributed by atoms with Crippen molar-refractivity contribution < 1.29 is 14.2 Å². The van der Waals surface area contributed by atoms with Gasteiger partial charge in [-0.25, -0.2) is 9.97 Å². The van der Waals surface area contributed by atoms with E-state index in [2.05, 4.69) is 16.9 Å². The molecule has 5 nitrogen and oxygen atoms in total. The lowest BCUT2D eigenvalue weighted by Crippen LogP contribution is -2.25. The van der Waals surface area contributed by atoms with E-state index in [0.717, 1.165) is 6.42 Å². The van der Waals surface area contributed by atoms with Gasteiger partial charge >= 0.3 is 0 Å². The Kier molecular flexibility index (Phi) is 4.28. The maximum absolute atomic E-state index is 5.53. The smallest absolute Gasteiger partial charge is 0.232 e. The lowest BCUT2D eigenvalue weighted by atomic mass is 10.2. The second-order valence-electron chi connectivity index (χ2n) is 4.23. The first-order chi connectivity index (χ1) is 8.29. The first kappa shape index (κ1) is 12.3. The second-order valence-corrected chi connectivity index (χ2v) is 4.23. The SMILES string of the molecule is CCCOc1cnc([C@H]2OC[C@H](C)CO2)cn1. The Morgan fingerprint density at radius 2 is 2.06 bits per heavy atom. The molecule has 0 spiro atoms. The van der Waals surface area contributed by atoms with Crippen molar-refractivity contribution >= 4 is 0 Å². The number of hydrogen-bond acceptors (Lipinski definition) is 5. The van der Waals surface area contributed by atoms with Gasteiger partial charge in [0.05, 0.1) is 32.2 Å². The van der Waals surface area contributed by atoms with Crippen LogP contribution in [-0.2, 0) is 9.47 Å². The summed E-state index contributed by atoms with van der Waals surface area (Å²) in [6.45, 7) is 6.18. The van der Waals surface area contributed by atoms with Gasteiger partial charge in [-0.15, -0.1) is 0 Å². The normalized spacial score (nSPS) is 24.6. The summed E-state index contributed by atoms with van der Waals surface area (Å²) >= 11 is 0. The van der Waals surface area contributed by atoms with Crippen molar-refractivity contribution in [1.29, 1.82) is 0 Å². The van der Waals surface area contributed by atoms with Gasteiger partial charge in [-0.1, -0.05) is 13.8 Å². The molecule has 0 radical (unpaired) electrons. The average molecular weight is 238 g/mol. The molecule has 0 bridgehead atoms. The average Bonchev–Trinajstić information content (AvgIpc) is 2.38. The third-order valence-electron chi connectivity index (χ3n) is 2.41. The van der Waals surface area contributed by atoms with Crippen LogP contribution in [0.3, 0.4) is 0 Å². The molecule has 94 valence electrons. The Hall–Kier alpha value is -1.20.